The van der Waals surface area contributed by atoms with E-state index in [2.05, 4.69) is 10.6 Å². The summed E-state index contributed by atoms with van der Waals surface area (Å²) in [5.41, 5.74) is 1.80. The van der Waals surface area contributed by atoms with Gasteiger partial charge < -0.3 is 10.6 Å². The van der Waals surface area contributed by atoms with Crippen molar-refractivity contribution in [2.45, 2.75) is 20.3 Å². The molecule has 1 fully saturated rings. The first-order valence-corrected chi connectivity index (χ1v) is 8.48. The molecular weight excluding hydrogens is 362 g/mol. The second kappa shape index (κ2) is 7.03. The van der Waals surface area contributed by atoms with Crippen LogP contribution in [0.15, 0.2) is 30.3 Å². The molecule has 7 heteroatoms. The minimum atomic E-state index is -0.859. The largest absolute Gasteiger partial charge is 0.324 e. The van der Waals surface area contributed by atoms with Crippen LogP contribution in [0.5, 0.6) is 0 Å². The number of benzene rings is 2. The molecule has 1 aliphatic rings. The fourth-order valence-electron chi connectivity index (χ4n) is 2.90. The molecule has 4 nitrogen and oxygen atoms in total. The molecule has 2 aromatic carbocycles. The molecule has 0 heterocycles. The summed E-state index contributed by atoms with van der Waals surface area (Å²) < 4.78 is 27.2. The quantitative estimate of drug-likeness (QED) is 0.825. The molecule has 0 spiro atoms. The number of amides is 2. The average molecular weight is 379 g/mol. The average Bonchev–Trinajstić information content (AvgIpc) is 3.35. The third-order valence-corrected chi connectivity index (χ3v) is 4.65. The molecule has 0 aliphatic heterocycles. The molecule has 2 atom stereocenters. The lowest BCUT2D eigenvalue weighted by molar-refractivity contribution is -0.122. The van der Waals surface area contributed by atoms with Crippen LogP contribution in [-0.4, -0.2) is 11.8 Å². The molecule has 2 N–H and O–H groups in total. The molecule has 0 aromatic heterocycles. The zero-order valence-corrected chi connectivity index (χ0v) is 15.0. The molecule has 1 saturated carbocycles. The smallest absolute Gasteiger partial charge is 0.228 e. The Balaban J connectivity index is 1.65. The number of hydrogen-bond donors (Lipinski definition) is 2. The van der Waals surface area contributed by atoms with Crippen molar-refractivity contribution in [3.8, 4) is 0 Å². The number of carbonyl (C=O) groups excluding carboxylic acids is 2. The topological polar surface area (TPSA) is 58.2 Å². The van der Waals surface area contributed by atoms with E-state index in [0.29, 0.717) is 17.1 Å². The monoisotopic (exact) mass is 378 g/mol. The maximum Gasteiger partial charge on any atom is 0.228 e. The number of nitrogens with one attached hydrogen (secondary N) is 2. The second-order valence-corrected chi connectivity index (χ2v) is 6.87. The molecule has 136 valence electrons. The van der Waals surface area contributed by atoms with Crippen LogP contribution in [0.25, 0.3) is 0 Å². The Morgan fingerprint density at radius 3 is 2.08 bits per heavy atom. The van der Waals surface area contributed by atoms with Gasteiger partial charge in [0, 0.05) is 0 Å². The highest BCUT2D eigenvalue weighted by Crippen LogP contribution is 2.41. The van der Waals surface area contributed by atoms with E-state index in [1.54, 1.807) is 6.07 Å². The van der Waals surface area contributed by atoms with E-state index in [1.807, 2.05) is 19.9 Å². The molecule has 2 unspecified atom stereocenters. The molecule has 0 saturated heterocycles. The van der Waals surface area contributed by atoms with E-state index in [0.717, 1.165) is 23.3 Å². The third kappa shape index (κ3) is 3.70. The second-order valence-electron chi connectivity index (χ2n) is 6.46. The van der Waals surface area contributed by atoms with Crippen molar-refractivity contribution >= 4 is 34.8 Å². The van der Waals surface area contributed by atoms with Gasteiger partial charge in [0.05, 0.1) is 22.5 Å². The lowest BCUT2D eigenvalue weighted by atomic mass is 10.1. The van der Waals surface area contributed by atoms with E-state index in [-0.39, 0.29) is 5.91 Å². The van der Waals surface area contributed by atoms with Crippen LogP contribution >= 0.6 is 11.6 Å². The highest BCUT2D eigenvalue weighted by molar-refractivity contribution is 6.34. The van der Waals surface area contributed by atoms with Gasteiger partial charge in [0.2, 0.25) is 11.8 Å². The fourth-order valence-corrected chi connectivity index (χ4v) is 3.27. The van der Waals surface area contributed by atoms with E-state index >= 15 is 0 Å². The summed E-state index contributed by atoms with van der Waals surface area (Å²) in [6.07, 6.45) is 0.316. The van der Waals surface area contributed by atoms with Gasteiger partial charge in [-0.3, -0.25) is 9.59 Å². The van der Waals surface area contributed by atoms with Crippen LogP contribution in [0.4, 0.5) is 20.2 Å². The Labute approximate surface area is 154 Å². The Hall–Kier alpha value is -2.47. The lowest BCUT2D eigenvalue weighted by Gasteiger charge is -2.12. The van der Waals surface area contributed by atoms with Gasteiger partial charge in [-0.15, -0.1) is 0 Å². The number of hydrogen-bond acceptors (Lipinski definition) is 2. The number of aryl methyl sites for hydroxylation is 2. The molecule has 2 aromatic rings. The van der Waals surface area contributed by atoms with Crippen molar-refractivity contribution < 1.29 is 18.4 Å². The summed E-state index contributed by atoms with van der Waals surface area (Å²) in [6, 6.07) is 6.94. The molecular formula is C19H17ClF2N2O2. The summed E-state index contributed by atoms with van der Waals surface area (Å²) in [4.78, 5) is 24.5. The summed E-state index contributed by atoms with van der Waals surface area (Å²) in [6.45, 7) is 3.72. The zero-order chi connectivity index (χ0) is 19.0. The molecule has 2 amide bonds. The minimum absolute atomic E-state index is 0.316. The van der Waals surface area contributed by atoms with Gasteiger partial charge in [0.25, 0.3) is 0 Å². The number of anilines is 2. The van der Waals surface area contributed by atoms with Crippen LogP contribution in [0.3, 0.4) is 0 Å². The van der Waals surface area contributed by atoms with Crippen LogP contribution < -0.4 is 10.6 Å². The van der Waals surface area contributed by atoms with E-state index in [1.165, 1.54) is 6.07 Å². The summed E-state index contributed by atoms with van der Waals surface area (Å²) >= 11 is 6.17. The standard InChI is InChI=1S/C19H17ClF2N2O2/c1-9-6-10(2)16(13(20)7-9)23-18(25)11-8-12(11)19(26)24-17-14(21)4-3-5-15(17)22/h3-7,11-12H,8H2,1-2H3,(H,23,25)(H,24,26). The predicted octanol–water partition coefficient (Wildman–Crippen LogP) is 4.45. The van der Waals surface area contributed by atoms with Gasteiger partial charge >= 0.3 is 0 Å². The first kappa shape index (κ1) is 18.3. The van der Waals surface area contributed by atoms with Crippen LogP contribution in [0.2, 0.25) is 5.02 Å². The van der Waals surface area contributed by atoms with E-state index in [9.17, 15) is 18.4 Å². The zero-order valence-electron chi connectivity index (χ0n) is 14.2. The minimum Gasteiger partial charge on any atom is -0.324 e. The Morgan fingerprint density at radius 2 is 1.54 bits per heavy atom. The van der Waals surface area contributed by atoms with Crippen LogP contribution in [0, 0.1) is 37.3 Å². The van der Waals surface area contributed by atoms with Crippen molar-refractivity contribution in [3.05, 3.63) is 58.1 Å². The van der Waals surface area contributed by atoms with Crippen LogP contribution in [0.1, 0.15) is 17.5 Å². The van der Waals surface area contributed by atoms with Crippen molar-refractivity contribution in [2.75, 3.05) is 10.6 Å². The van der Waals surface area contributed by atoms with Crippen molar-refractivity contribution in [1.82, 2.24) is 0 Å². The highest BCUT2D eigenvalue weighted by Gasteiger charge is 2.48. The predicted molar refractivity (Wildman–Crippen MR) is 96.1 cm³/mol. The number of carbonyl (C=O) groups is 2. The van der Waals surface area contributed by atoms with Gasteiger partial charge in [-0.1, -0.05) is 23.7 Å². The molecule has 1 aliphatic carbocycles. The normalized spacial score (nSPS) is 18.3. The Kier molecular flexibility index (Phi) is 4.96. The molecule has 0 bridgehead atoms. The van der Waals surface area contributed by atoms with Gasteiger partial charge in [-0.25, -0.2) is 8.78 Å². The Bertz CT molecular complexity index is 858. The maximum absolute atomic E-state index is 13.6. The van der Waals surface area contributed by atoms with Gasteiger partial charge in [0.1, 0.15) is 17.3 Å². The van der Waals surface area contributed by atoms with Crippen molar-refractivity contribution in [2.24, 2.45) is 11.8 Å². The van der Waals surface area contributed by atoms with E-state index < -0.39 is 35.1 Å². The fraction of sp³-hybridized carbons (Fsp3) is 0.263. The summed E-state index contributed by atoms with van der Waals surface area (Å²) in [5.74, 6) is -3.82. The number of para-hydroxylation sites is 1. The first-order valence-electron chi connectivity index (χ1n) is 8.10. The SMILES string of the molecule is Cc1cc(C)c(NC(=O)C2CC2C(=O)Nc2c(F)cccc2F)c(Cl)c1. The highest BCUT2D eigenvalue weighted by atomic mass is 35.5. The van der Waals surface area contributed by atoms with Crippen molar-refractivity contribution in [3.63, 3.8) is 0 Å². The lowest BCUT2D eigenvalue weighted by Crippen LogP contribution is -2.22. The molecule has 26 heavy (non-hydrogen) atoms. The third-order valence-electron chi connectivity index (χ3n) is 4.35. The first-order chi connectivity index (χ1) is 12.3. The van der Waals surface area contributed by atoms with Gasteiger partial charge in [0.15, 0.2) is 0 Å². The number of halogens is 3. The van der Waals surface area contributed by atoms with E-state index in [4.69, 9.17) is 11.6 Å². The Morgan fingerprint density at radius 1 is 1.00 bits per heavy atom. The van der Waals surface area contributed by atoms with Crippen molar-refractivity contribution in [1.29, 1.82) is 0 Å². The summed E-state index contributed by atoms with van der Waals surface area (Å²) in [7, 11) is 0. The van der Waals surface area contributed by atoms with Gasteiger partial charge in [-0.05, 0) is 49.6 Å². The van der Waals surface area contributed by atoms with Gasteiger partial charge in [-0.2, -0.15) is 0 Å². The summed E-state index contributed by atoms with van der Waals surface area (Å²) in [5, 5.41) is 5.39. The van der Waals surface area contributed by atoms with Crippen LogP contribution in [-0.2, 0) is 9.59 Å². The molecule has 3 rings (SSSR count). The maximum atomic E-state index is 13.6. The molecule has 0 radical (unpaired) electrons. The number of rotatable bonds is 4.